The number of guanidine groups is 1. The second kappa shape index (κ2) is 11.2. The lowest BCUT2D eigenvalue weighted by molar-refractivity contribution is -0.130. The molecule has 0 heterocycles. The first kappa shape index (κ1) is 20.8. The largest absolute Gasteiger partial charge is 0.357 e. The molecule has 1 amide bonds. The molecule has 0 spiro atoms. The molecule has 0 aromatic heterocycles. The van der Waals surface area contributed by atoms with Gasteiger partial charge in [0, 0.05) is 38.1 Å². The van der Waals surface area contributed by atoms with Gasteiger partial charge in [0.15, 0.2) is 5.96 Å². The van der Waals surface area contributed by atoms with E-state index in [4.69, 9.17) is 11.6 Å². The quantitative estimate of drug-likeness (QED) is 0.539. The zero-order valence-corrected chi connectivity index (χ0v) is 16.7. The van der Waals surface area contributed by atoms with Gasteiger partial charge in [-0.15, -0.1) is 0 Å². The Kier molecular flexibility index (Phi) is 8.65. The number of hydrogen-bond donors (Lipinski definition) is 2. The van der Waals surface area contributed by atoms with E-state index in [1.807, 2.05) is 68.6 Å². The third-order valence-corrected chi connectivity index (χ3v) is 4.25. The van der Waals surface area contributed by atoms with Crippen LogP contribution in [-0.4, -0.2) is 36.9 Å². The molecule has 0 saturated carbocycles. The highest BCUT2D eigenvalue weighted by Crippen LogP contribution is 2.10. The predicted octanol–water partition coefficient (Wildman–Crippen LogP) is 3.44. The normalized spacial score (nSPS) is 11.1. The van der Waals surface area contributed by atoms with Gasteiger partial charge in [-0.3, -0.25) is 4.79 Å². The van der Waals surface area contributed by atoms with E-state index in [0.717, 1.165) is 17.7 Å². The second-order valence-corrected chi connectivity index (χ2v) is 6.67. The molecular formula is C21H27ClN4O. The fourth-order valence-electron chi connectivity index (χ4n) is 2.53. The smallest absolute Gasteiger partial charge is 0.224 e. The molecule has 144 valence electrons. The fourth-order valence-corrected chi connectivity index (χ4v) is 2.65. The molecule has 0 aliphatic heterocycles. The summed E-state index contributed by atoms with van der Waals surface area (Å²) in [5, 5.41) is 7.13. The molecule has 2 aromatic rings. The summed E-state index contributed by atoms with van der Waals surface area (Å²) in [7, 11) is 1.83. The summed E-state index contributed by atoms with van der Waals surface area (Å²) in [5.41, 5.74) is 2.20. The van der Waals surface area contributed by atoms with Crippen LogP contribution in [0.25, 0.3) is 0 Å². The van der Waals surface area contributed by atoms with E-state index in [2.05, 4.69) is 15.6 Å². The highest BCUT2D eigenvalue weighted by atomic mass is 35.5. The molecule has 0 atom stereocenters. The Morgan fingerprint density at radius 1 is 1.04 bits per heavy atom. The van der Waals surface area contributed by atoms with Crippen molar-refractivity contribution < 1.29 is 4.79 Å². The monoisotopic (exact) mass is 386 g/mol. The van der Waals surface area contributed by atoms with Crippen LogP contribution in [0.4, 0.5) is 0 Å². The Balaban J connectivity index is 1.79. The summed E-state index contributed by atoms with van der Waals surface area (Å²) in [4.78, 5) is 18.6. The molecule has 27 heavy (non-hydrogen) atoms. The third kappa shape index (κ3) is 7.71. The van der Waals surface area contributed by atoms with Crippen LogP contribution in [0.5, 0.6) is 0 Å². The zero-order chi connectivity index (χ0) is 19.5. The summed E-state index contributed by atoms with van der Waals surface area (Å²) >= 11 is 5.90. The molecule has 2 rings (SSSR count). The van der Waals surface area contributed by atoms with Gasteiger partial charge in [0.05, 0.1) is 6.54 Å². The highest BCUT2D eigenvalue weighted by molar-refractivity contribution is 6.30. The van der Waals surface area contributed by atoms with E-state index < -0.39 is 0 Å². The Hall–Kier alpha value is -2.53. The van der Waals surface area contributed by atoms with E-state index in [9.17, 15) is 4.79 Å². The van der Waals surface area contributed by atoms with Crippen molar-refractivity contribution in [1.82, 2.24) is 15.5 Å². The van der Waals surface area contributed by atoms with Crippen LogP contribution in [0.3, 0.4) is 0 Å². The van der Waals surface area contributed by atoms with E-state index in [-0.39, 0.29) is 5.91 Å². The van der Waals surface area contributed by atoms with Crippen molar-refractivity contribution in [1.29, 1.82) is 0 Å². The Morgan fingerprint density at radius 3 is 2.41 bits per heavy atom. The minimum atomic E-state index is 0.0971. The van der Waals surface area contributed by atoms with Gasteiger partial charge in [-0.1, -0.05) is 54.1 Å². The van der Waals surface area contributed by atoms with Crippen molar-refractivity contribution >= 4 is 23.5 Å². The number of nitrogens with one attached hydrogen (secondary N) is 2. The van der Waals surface area contributed by atoms with Crippen molar-refractivity contribution in [3.8, 4) is 0 Å². The van der Waals surface area contributed by atoms with Crippen LogP contribution in [0.15, 0.2) is 59.6 Å². The zero-order valence-electron chi connectivity index (χ0n) is 15.9. The number of benzene rings is 2. The predicted molar refractivity (Wildman–Crippen MR) is 112 cm³/mol. The Labute approximate surface area is 166 Å². The Morgan fingerprint density at radius 2 is 1.74 bits per heavy atom. The number of rotatable bonds is 8. The maximum atomic E-state index is 12.3. The number of halogens is 1. The SMILES string of the molecule is CCNC(=NCc1ccc(Cl)cc1)NCCC(=O)N(C)Cc1ccccc1. The van der Waals surface area contributed by atoms with Crippen molar-refractivity contribution in [3.05, 3.63) is 70.7 Å². The Bertz CT molecular complexity index is 732. The number of amides is 1. The molecule has 6 heteroatoms. The number of nitrogens with zero attached hydrogens (tertiary/aromatic N) is 2. The van der Waals surface area contributed by atoms with E-state index in [0.29, 0.717) is 37.0 Å². The number of aliphatic imine (C=N–C) groups is 1. The van der Waals surface area contributed by atoms with E-state index in [1.54, 1.807) is 4.90 Å². The summed E-state index contributed by atoms with van der Waals surface area (Å²) in [6, 6.07) is 17.6. The first-order chi connectivity index (χ1) is 13.1. The molecule has 0 bridgehead atoms. The van der Waals surface area contributed by atoms with Gasteiger partial charge >= 0.3 is 0 Å². The number of carbonyl (C=O) groups is 1. The van der Waals surface area contributed by atoms with Gasteiger partial charge in [-0.25, -0.2) is 4.99 Å². The molecule has 0 fully saturated rings. The van der Waals surface area contributed by atoms with Crippen LogP contribution < -0.4 is 10.6 Å². The molecule has 5 nitrogen and oxygen atoms in total. The maximum Gasteiger partial charge on any atom is 0.224 e. The van der Waals surface area contributed by atoms with E-state index in [1.165, 1.54) is 0 Å². The average Bonchev–Trinajstić information content (AvgIpc) is 2.68. The van der Waals surface area contributed by atoms with Crippen molar-refractivity contribution in [2.24, 2.45) is 4.99 Å². The van der Waals surface area contributed by atoms with Gasteiger partial charge in [0.2, 0.25) is 5.91 Å². The standard InChI is InChI=1S/C21H27ClN4O/c1-3-23-21(25-15-17-9-11-19(22)12-10-17)24-14-13-20(27)26(2)16-18-7-5-4-6-8-18/h4-12H,3,13-16H2,1-2H3,(H2,23,24,25). The summed E-state index contributed by atoms with van der Waals surface area (Å²) in [6.07, 6.45) is 0.411. The van der Waals surface area contributed by atoms with Gasteiger partial charge in [-0.05, 0) is 30.2 Å². The molecule has 0 unspecified atom stereocenters. The third-order valence-electron chi connectivity index (χ3n) is 4.00. The summed E-state index contributed by atoms with van der Waals surface area (Å²) < 4.78 is 0. The molecule has 0 saturated heterocycles. The van der Waals surface area contributed by atoms with Crippen LogP contribution in [0, 0.1) is 0 Å². The van der Waals surface area contributed by atoms with Crippen molar-refractivity contribution in [2.75, 3.05) is 20.1 Å². The number of carbonyl (C=O) groups excluding carboxylic acids is 1. The molecule has 0 aliphatic rings. The first-order valence-electron chi connectivity index (χ1n) is 9.13. The van der Waals surface area contributed by atoms with Crippen molar-refractivity contribution in [2.45, 2.75) is 26.4 Å². The summed E-state index contributed by atoms with van der Waals surface area (Å²) in [5.74, 6) is 0.797. The van der Waals surface area contributed by atoms with Gasteiger partial charge in [0.25, 0.3) is 0 Å². The second-order valence-electron chi connectivity index (χ2n) is 6.23. The highest BCUT2D eigenvalue weighted by Gasteiger charge is 2.09. The lowest BCUT2D eigenvalue weighted by Crippen LogP contribution is -2.39. The molecular weight excluding hydrogens is 360 g/mol. The molecule has 2 N–H and O–H groups in total. The average molecular weight is 387 g/mol. The van der Waals surface area contributed by atoms with Gasteiger partial charge in [-0.2, -0.15) is 0 Å². The molecule has 2 aromatic carbocycles. The minimum absolute atomic E-state index is 0.0971. The van der Waals surface area contributed by atoms with Gasteiger partial charge in [0.1, 0.15) is 0 Å². The van der Waals surface area contributed by atoms with Crippen LogP contribution in [0.2, 0.25) is 5.02 Å². The lowest BCUT2D eigenvalue weighted by Gasteiger charge is -2.18. The van der Waals surface area contributed by atoms with Crippen LogP contribution in [-0.2, 0) is 17.9 Å². The van der Waals surface area contributed by atoms with Crippen molar-refractivity contribution in [3.63, 3.8) is 0 Å². The number of hydrogen-bond acceptors (Lipinski definition) is 2. The van der Waals surface area contributed by atoms with Crippen LogP contribution >= 0.6 is 11.6 Å². The fraction of sp³-hybridized carbons (Fsp3) is 0.333. The topological polar surface area (TPSA) is 56.7 Å². The van der Waals surface area contributed by atoms with Gasteiger partial charge < -0.3 is 15.5 Å². The maximum absolute atomic E-state index is 12.3. The molecule has 0 radical (unpaired) electrons. The van der Waals surface area contributed by atoms with Crippen LogP contribution in [0.1, 0.15) is 24.5 Å². The molecule has 0 aliphatic carbocycles. The summed E-state index contributed by atoms with van der Waals surface area (Å²) in [6.45, 7) is 4.47. The first-order valence-corrected chi connectivity index (χ1v) is 9.50. The minimum Gasteiger partial charge on any atom is -0.357 e. The van der Waals surface area contributed by atoms with E-state index >= 15 is 0 Å². The lowest BCUT2D eigenvalue weighted by atomic mass is 10.2.